The monoisotopic (exact) mass is 584 g/mol. The number of nitrogens with zero attached hydrogens (tertiary/aromatic N) is 2. The quantitative estimate of drug-likeness (QED) is 0.181. The van der Waals surface area contributed by atoms with Crippen molar-refractivity contribution in [2.24, 2.45) is 0 Å². The summed E-state index contributed by atoms with van der Waals surface area (Å²) in [4.78, 5) is 15.3. The third kappa shape index (κ3) is 5.44. The predicted molar refractivity (Wildman–Crippen MR) is 135 cm³/mol. The van der Waals surface area contributed by atoms with Gasteiger partial charge in [-0.3, -0.25) is 10.1 Å². The molecule has 0 aromatic heterocycles. The third-order valence-electron chi connectivity index (χ3n) is 5.61. The molecule has 12 heteroatoms. The molecule has 5 nitrogen and oxygen atoms in total. The molecule has 1 aliphatic heterocycles. The van der Waals surface area contributed by atoms with E-state index in [0.29, 0.717) is 24.3 Å². The van der Waals surface area contributed by atoms with Gasteiger partial charge < -0.3 is 15.1 Å². The molecule has 0 radical (unpaired) electrons. The lowest BCUT2D eigenvalue weighted by Crippen LogP contribution is -2.47. The van der Waals surface area contributed by atoms with Gasteiger partial charge in [-0.2, -0.15) is 0 Å². The molecule has 188 valence electrons. The Kier molecular flexibility index (Phi) is 7.74. The Morgan fingerprint density at radius 3 is 1.81 bits per heavy atom. The Hall–Kier alpha value is -3.25. The first-order valence-electron chi connectivity index (χ1n) is 10.6. The van der Waals surface area contributed by atoms with Crippen molar-refractivity contribution < 1.29 is 26.7 Å². The minimum absolute atomic E-state index is 0.0600. The van der Waals surface area contributed by atoms with Gasteiger partial charge in [0.25, 0.3) is 5.91 Å². The van der Waals surface area contributed by atoms with Crippen LogP contribution < -0.4 is 20.4 Å². The molecular formula is C24H18BrF5N4OS. The fraction of sp³-hybridized carbons (Fsp3) is 0.167. The molecule has 0 bridgehead atoms. The number of thiocarbonyl (C=S) groups is 1. The molecule has 1 saturated heterocycles. The molecule has 0 atom stereocenters. The number of piperazine rings is 1. The number of nitrogens with one attached hydrogen (secondary N) is 2. The van der Waals surface area contributed by atoms with Crippen molar-refractivity contribution >= 4 is 56.2 Å². The third-order valence-corrected chi connectivity index (χ3v) is 6.34. The van der Waals surface area contributed by atoms with Crippen LogP contribution in [0, 0.1) is 29.1 Å². The largest absolute Gasteiger partial charge is 0.368 e. The van der Waals surface area contributed by atoms with Crippen molar-refractivity contribution in [3.05, 3.63) is 87.7 Å². The Labute approximate surface area is 217 Å². The van der Waals surface area contributed by atoms with Crippen molar-refractivity contribution in [1.82, 2.24) is 5.32 Å². The standard InChI is InChI=1S/C24H18BrF5N4OS/c25-14-3-1-13(2-4-14)23(35)32-24(36)31-15-5-7-16(8-6-15)33-9-11-34(12-10-33)22-20(29)18(27)17(26)19(28)21(22)30/h1-8H,9-12H2,(H2,31,32,35,36). The number of hydrogen-bond acceptors (Lipinski definition) is 4. The highest BCUT2D eigenvalue weighted by Crippen LogP contribution is 2.31. The van der Waals surface area contributed by atoms with Crippen molar-refractivity contribution in [3.63, 3.8) is 0 Å². The molecular weight excluding hydrogens is 567 g/mol. The zero-order chi connectivity index (χ0) is 26.0. The second-order valence-electron chi connectivity index (χ2n) is 7.85. The summed E-state index contributed by atoms with van der Waals surface area (Å²) in [5, 5.41) is 5.63. The first kappa shape index (κ1) is 25.8. The van der Waals surface area contributed by atoms with Gasteiger partial charge in [0.1, 0.15) is 5.69 Å². The molecule has 0 saturated carbocycles. The lowest BCUT2D eigenvalue weighted by Gasteiger charge is -2.37. The van der Waals surface area contributed by atoms with Gasteiger partial charge in [0, 0.05) is 47.6 Å². The second kappa shape index (κ2) is 10.8. The van der Waals surface area contributed by atoms with Crippen LogP contribution >= 0.6 is 28.1 Å². The van der Waals surface area contributed by atoms with Crippen molar-refractivity contribution in [2.75, 3.05) is 41.3 Å². The topological polar surface area (TPSA) is 47.6 Å². The van der Waals surface area contributed by atoms with Crippen LogP contribution in [0.15, 0.2) is 53.0 Å². The molecule has 3 aromatic carbocycles. The van der Waals surface area contributed by atoms with E-state index in [1.54, 1.807) is 48.5 Å². The van der Waals surface area contributed by atoms with E-state index in [-0.39, 0.29) is 24.1 Å². The summed E-state index contributed by atoms with van der Waals surface area (Å²) in [5.41, 5.74) is 0.953. The van der Waals surface area contributed by atoms with Gasteiger partial charge in [0.2, 0.25) is 5.82 Å². The number of carbonyl (C=O) groups is 1. The molecule has 0 unspecified atom stereocenters. The van der Waals surface area contributed by atoms with Crippen LogP contribution in [0.3, 0.4) is 0 Å². The smallest absolute Gasteiger partial charge is 0.257 e. The summed E-state index contributed by atoms with van der Waals surface area (Å²) < 4.78 is 69.5. The average Bonchev–Trinajstić information content (AvgIpc) is 2.87. The van der Waals surface area contributed by atoms with Gasteiger partial charge in [0.15, 0.2) is 28.4 Å². The lowest BCUT2D eigenvalue weighted by atomic mass is 10.2. The summed E-state index contributed by atoms with van der Waals surface area (Å²) >= 11 is 8.50. The van der Waals surface area contributed by atoms with Crippen LogP contribution in [0.4, 0.5) is 39.0 Å². The van der Waals surface area contributed by atoms with E-state index >= 15 is 0 Å². The minimum atomic E-state index is -2.17. The Balaban J connectivity index is 1.34. The van der Waals surface area contributed by atoms with Crippen molar-refractivity contribution in [2.45, 2.75) is 0 Å². The van der Waals surface area contributed by atoms with Gasteiger partial charge in [-0.25, -0.2) is 22.0 Å². The molecule has 1 aliphatic rings. The maximum atomic E-state index is 14.1. The molecule has 4 rings (SSSR count). The van der Waals surface area contributed by atoms with Crippen molar-refractivity contribution in [1.29, 1.82) is 0 Å². The van der Waals surface area contributed by atoms with E-state index in [0.717, 1.165) is 15.1 Å². The first-order valence-corrected chi connectivity index (χ1v) is 11.8. The molecule has 1 heterocycles. The summed E-state index contributed by atoms with van der Waals surface area (Å²) in [6.07, 6.45) is 0. The van der Waals surface area contributed by atoms with E-state index in [1.165, 1.54) is 0 Å². The van der Waals surface area contributed by atoms with Crippen molar-refractivity contribution in [3.8, 4) is 0 Å². The number of amides is 1. The molecule has 3 aromatic rings. The van der Waals surface area contributed by atoms with E-state index in [4.69, 9.17) is 12.2 Å². The van der Waals surface area contributed by atoms with Gasteiger partial charge in [-0.15, -0.1) is 0 Å². The van der Waals surface area contributed by atoms with Gasteiger partial charge in [0.05, 0.1) is 0 Å². The number of halogens is 6. The van der Waals surface area contributed by atoms with Crippen LogP contribution in [-0.2, 0) is 0 Å². The molecule has 0 spiro atoms. The predicted octanol–water partition coefficient (Wildman–Crippen LogP) is 5.60. The Morgan fingerprint density at radius 1 is 0.750 bits per heavy atom. The van der Waals surface area contributed by atoms with Crippen LogP contribution in [0.1, 0.15) is 10.4 Å². The summed E-state index contributed by atoms with van der Waals surface area (Å²) in [6.45, 7) is 0.719. The van der Waals surface area contributed by atoms with E-state index in [2.05, 4.69) is 26.6 Å². The number of anilines is 3. The zero-order valence-electron chi connectivity index (χ0n) is 18.4. The maximum absolute atomic E-state index is 14.1. The Bertz CT molecular complexity index is 1270. The highest BCUT2D eigenvalue weighted by atomic mass is 79.9. The van der Waals surface area contributed by atoms with E-state index in [9.17, 15) is 26.7 Å². The van der Waals surface area contributed by atoms with E-state index < -0.39 is 34.8 Å². The second-order valence-corrected chi connectivity index (χ2v) is 9.18. The number of benzene rings is 3. The van der Waals surface area contributed by atoms with Crippen LogP contribution in [0.5, 0.6) is 0 Å². The highest BCUT2D eigenvalue weighted by Gasteiger charge is 2.30. The summed E-state index contributed by atoms with van der Waals surface area (Å²) in [7, 11) is 0. The first-order chi connectivity index (χ1) is 17.2. The fourth-order valence-corrected chi connectivity index (χ4v) is 4.23. The molecule has 1 fully saturated rings. The van der Waals surface area contributed by atoms with Crippen LogP contribution in [0.25, 0.3) is 0 Å². The van der Waals surface area contributed by atoms with E-state index in [1.807, 2.05) is 4.90 Å². The Morgan fingerprint density at radius 2 is 1.25 bits per heavy atom. The fourth-order valence-electron chi connectivity index (χ4n) is 3.75. The SMILES string of the molecule is O=C(NC(=S)Nc1ccc(N2CCN(c3c(F)c(F)c(F)c(F)c3F)CC2)cc1)c1ccc(Br)cc1. The summed E-state index contributed by atoms with van der Waals surface area (Å²) in [6, 6.07) is 13.9. The molecule has 36 heavy (non-hydrogen) atoms. The normalized spacial score (nSPS) is 13.5. The average molecular weight is 585 g/mol. The molecule has 2 N–H and O–H groups in total. The van der Waals surface area contributed by atoms with Gasteiger partial charge >= 0.3 is 0 Å². The highest BCUT2D eigenvalue weighted by molar-refractivity contribution is 9.10. The number of rotatable bonds is 4. The number of hydrogen-bond donors (Lipinski definition) is 2. The number of carbonyl (C=O) groups excluding carboxylic acids is 1. The van der Waals surface area contributed by atoms with Crippen LogP contribution in [0.2, 0.25) is 0 Å². The zero-order valence-corrected chi connectivity index (χ0v) is 20.8. The van der Waals surface area contributed by atoms with Crippen LogP contribution in [-0.4, -0.2) is 37.2 Å². The maximum Gasteiger partial charge on any atom is 0.257 e. The minimum Gasteiger partial charge on any atom is -0.368 e. The molecule has 0 aliphatic carbocycles. The molecule has 1 amide bonds. The summed E-state index contributed by atoms with van der Waals surface area (Å²) in [5.74, 6) is -10.1. The van der Waals surface area contributed by atoms with Gasteiger partial charge in [-0.05, 0) is 60.7 Å². The lowest BCUT2D eigenvalue weighted by molar-refractivity contribution is 0.0977. The van der Waals surface area contributed by atoms with Gasteiger partial charge in [-0.1, -0.05) is 15.9 Å².